The molecule has 0 N–H and O–H groups in total. The van der Waals surface area contributed by atoms with Crippen LogP contribution in [0.3, 0.4) is 0 Å². The summed E-state index contributed by atoms with van der Waals surface area (Å²) in [7, 11) is 0. The lowest BCUT2D eigenvalue weighted by atomic mass is 9.70. The quantitative estimate of drug-likeness (QED) is 0.699. The van der Waals surface area contributed by atoms with E-state index >= 15 is 0 Å². The van der Waals surface area contributed by atoms with Crippen molar-refractivity contribution >= 4 is 0 Å². The number of epoxide rings is 1. The van der Waals surface area contributed by atoms with E-state index in [1.807, 2.05) is 0 Å². The Morgan fingerprint density at radius 2 is 1.76 bits per heavy atom. The van der Waals surface area contributed by atoms with Gasteiger partial charge >= 0.3 is 0 Å². The third-order valence-corrected chi connectivity index (χ3v) is 4.96. The summed E-state index contributed by atoms with van der Waals surface area (Å²) in [6.07, 6.45) is 10.8. The molecule has 0 radical (unpaired) electrons. The Labute approximate surface area is 105 Å². The van der Waals surface area contributed by atoms with Crippen LogP contribution in [0.25, 0.3) is 0 Å². The minimum atomic E-state index is 0.125. The Balaban J connectivity index is 1.46. The van der Waals surface area contributed by atoms with E-state index in [9.17, 15) is 0 Å². The Morgan fingerprint density at radius 3 is 2.47 bits per heavy atom. The van der Waals surface area contributed by atoms with Crippen molar-refractivity contribution in [2.24, 2.45) is 17.8 Å². The predicted molar refractivity (Wildman–Crippen MR) is 67.7 cm³/mol. The average Bonchev–Trinajstić information content (AvgIpc) is 3.08. The summed E-state index contributed by atoms with van der Waals surface area (Å²) < 4.78 is 11.7. The Kier molecular flexibility index (Phi) is 3.45. The summed E-state index contributed by atoms with van der Waals surface area (Å²) in [4.78, 5) is 0. The molecule has 0 bridgehead atoms. The fourth-order valence-electron chi connectivity index (χ4n) is 3.83. The maximum atomic E-state index is 6.10. The first-order chi connectivity index (χ1) is 8.24. The lowest BCUT2D eigenvalue weighted by molar-refractivity contribution is -0.0547. The van der Waals surface area contributed by atoms with Gasteiger partial charge in [0, 0.05) is 0 Å². The highest BCUT2D eigenvalue weighted by molar-refractivity contribution is 4.86. The van der Waals surface area contributed by atoms with Crippen molar-refractivity contribution in [2.45, 2.75) is 77.3 Å². The van der Waals surface area contributed by atoms with Gasteiger partial charge in [-0.1, -0.05) is 39.5 Å². The van der Waals surface area contributed by atoms with Crippen molar-refractivity contribution in [3.05, 3.63) is 0 Å². The summed E-state index contributed by atoms with van der Waals surface area (Å²) in [6.45, 7) is 4.43. The van der Waals surface area contributed by atoms with E-state index in [-0.39, 0.29) is 6.29 Å². The molecule has 2 nitrogen and oxygen atoms in total. The zero-order valence-corrected chi connectivity index (χ0v) is 11.2. The first kappa shape index (κ1) is 12.0. The van der Waals surface area contributed by atoms with E-state index in [1.54, 1.807) is 0 Å². The highest BCUT2D eigenvalue weighted by atomic mass is 16.8. The third kappa shape index (κ3) is 2.68. The van der Waals surface area contributed by atoms with Gasteiger partial charge in [0.1, 0.15) is 6.10 Å². The molecule has 3 fully saturated rings. The van der Waals surface area contributed by atoms with Crippen LogP contribution >= 0.6 is 0 Å². The smallest absolute Gasteiger partial charge is 0.184 e. The molecule has 3 rings (SSSR count). The zero-order chi connectivity index (χ0) is 11.8. The third-order valence-electron chi connectivity index (χ3n) is 4.96. The summed E-state index contributed by atoms with van der Waals surface area (Å²) in [5, 5.41) is 0. The van der Waals surface area contributed by atoms with Crippen LogP contribution in [0.1, 0.15) is 58.8 Å². The van der Waals surface area contributed by atoms with Crippen molar-refractivity contribution in [3.8, 4) is 0 Å². The van der Waals surface area contributed by atoms with E-state index in [0.29, 0.717) is 18.1 Å². The Bertz CT molecular complexity index is 264. The van der Waals surface area contributed by atoms with Crippen molar-refractivity contribution in [1.82, 2.24) is 0 Å². The summed E-state index contributed by atoms with van der Waals surface area (Å²) in [6, 6.07) is 0. The second-order valence-electron chi connectivity index (χ2n) is 6.59. The van der Waals surface area contributed by atoms with Crippen LogP contribution in [-0.4, -0.2) is 18.5 Å². The molecule has 2 aliphatic carbocycles. The molecule has 1 saturated heterocycles. The summed E-state index contributed by atoms with van der Waals surface area (Å²) in [5.74, 6) is 2.58. The van der Waals surface area contributed by atoms with Crippen LogP contribution in [0.5, 0.6) is 0 Å². The van der Waals surface area contributed by atoms with Crippen LogP contribution < -0.4 is 0 Å². The molecule has 5 unspecified atom stereocenters. The molecule has 0 amide bonds. The normalized spacial score (nSPS) is 45.7. The van der Waals surface area contributed by atoms with Crippen molar-refractivity contribution in [2.75, 3.05) is 0 Å². The first-order valence-electron chi connectivity index (χ1n) is 7.55. The van der Waals surface area contributed by atoms with E-state index in [1.165, 1.54) is 44.9 Å². The molecule has 1 aliphatic heterocycles. The van der Waals surface area contributed by atoms with E-state index < -0.39 is 0 Å². The molecule has 0 aromatic carbocycles. The molecule has 2 heteroatoms. The van der Waals surface area contributed by atoms with Gasteiger partial charge in [0.25, 0.3) is 0 Å². The van der Waals surface area contributed by atoms with Gasteiger partial charge < -0.3 is 9.47 Å². The molecule has 1 heterocycles. The second kappa shape index (κ2) is 4.89. The van der Waals surface area contributed by atoms with Crippen LogP contribution in [0, 0.1) is 17.8 Å². The largest absolute Gasteiger partial charge is 0.347 e. The fourth-order valence-corrected chi connectivity index (χ4v) is 3.83. The first-order valence-corrected chi connectivity index (χ1v) is 7.55. The van der Waals surface area contributed by atoms with Crippen LogP contribution in [-0.2, 0) is 9.47 Å². The minimum Gasteiger partial charge on any atom is -0.347 e. The molecule has 5 atom stereocenters. The van der Waals surface area contributed by atoms with E-state index in [2.05, 4.69) is 13.8 Å². The lowest BCUT2D eigenvalue weighted by Crippen LogP contribution is -2.32. The highest BCUT2D eigenvalue weighted by Crippen LogP contribution is 2.43. The second-order valence-corrected chi connectivity index (χ2v) is 6.59. The Morgan fingerprint density at radius 1 is 1.00 bits per heavy atom. The minimum absolute atomic E-state index is 0.125. The van der Waals surface area contributed by atoms with Gasteiger partial charge in [-0.3, -0.25) is 0 Å². The van der Waals surface area contributed by atoms with Gasteiger partial charge in [0.2, 0.25) is 0 Å². The van der Waals surface area contributed by atoms with E-state index in [0.717, 1.165) is 11.8 Å². The molecule has 3 aliphatic rings. The highest BCUT2D eigenvalue weighted by Gasteiger charge is 2.45. The van der Waals surface area contributed by atoms with Crippen LogP contribution in [0.15, 0.2) is 0 Å². The molecule has 98 valence electrons. The standard InChI is InChI=1S/C15H26O2/c1-10(2)14-15(17-14)16-13-8-7-11-5-3-4-6-12(11)9-13/h10-15H,3-9H2,1-2H3. The molecule has 0 aromatic heterocycles. The van der Waals surface area contributed by atoms with Crippen LogP contribution in [0.2, 0.25) is 0 Å². The van der Waals surface area contributed by atoms with Gasteiger partial charge in [-0.25, -0.2) is 0 Å². The van der Waals surface area contributed by atoms with Gasteiger partial charge in [-0.15, -0.1) is 0 Å². The number of hydrogen-bond donors (Lipinski definition) is 0. The summed E-state index contributed by atoms with van der Waals surface area (Å²) >= 11 is 0. The predicted octanol–water partition coefficient (Wildman–Crippen LogP) is 3.74. The summed E-state index contributed by atoms with van der Waals surface area (Å²) in [5.41, 5.74) is 0. The maximum absolute atomic E-state index is 6.10. The molecular weight excluding hydrogens is 212 g/mol. The monoisotopic (exact) mass is 238 g/mol. The lowest BCUT2D eigenvalue weighted by Gasteiger charge is -2.39. The van der Waals surface area contributed by atoms with Gasteiger partial charge in [0.15, 0.2) is 6.29 Å². The SMILES string of the molecule is CC(C)C1OC1OC1CCC2CCCCC2C1. The molecular formula is C15H26O2. The van der Waals surface area contributed by atoms with Crippen LogP contribution in [0.4, 0.5) is 0 Å². The fraction of sp³-hybridized carbons (Fsp3) is 1.00. The van der Waals surface area contributed by atoms with E-state index in [4.69, 9.17) is 9.47 Å². The number of rotatable bonds is 3. The average molecular weight is 238 g/mol. The van der Waals surface area contributed by atoms with Gasteiger partial charge in [-0.05, 0) is 37.0 Å². The maximum Gasteiger partial charge on any atom is 0.184 e. The zero-order valence-electron chi connectivity index (χ0n) is 11.2. The number of hydrogen-bond acceptors (Lipinski definition) is 2. The molecule has 0 aromatic rings. The van der Waals surface area contributed by atoms with Crippen molar-refractivity contribution in [3.63, 3.8) is 0 Å². The molecule has 0 spiro atoms. The van der Waals surface area contributed by atoms with Crippen molar-refractivity contribution in [1.29, 1.82) is 0 Å². The number of ether oxygens (including phenoxy) is 2. The van der Waals surface area contributed by atoms with Crippen molar-refractivity contribution < 1.29 is 9.47 Å². The van der Waals surface area contributed by atoms with Gasteiger partial charge in [-0.2, -0.15) is 0 Å². The Hall–Kier alpha value is -0.0800. The van der Waals surface area contributed by atoms with Gasteiger partial charge in [0.05, 0.1) is 6.10 Å². The topological polar surface area (TPSA) is 21.8 Å². The molecule has 2 saturated carbocycles. The number of fused-ring (bicyclic) bond motifs is 1. The molecule has 17 heavy (non-hydrogen) atoms.